The number of hydrogen-bond acceptors (Lipinski definition) is 6. The smallest absolute Gasteiger partial charge is 0.239 e. The molecule has 0 radical (unpaired) electrons. The summed E-state index contributed by atoms with van der Waals surface area (Å²) in [5.74, 6) is -1.40. The van der Waals surface area contributed by atoms with E-state index in [1.54, 1.807) is 18.2 Å². The molecule has 2 N–H and O–H groups in total. The van der Waals surface area contributed by atoms with Crippen LogP contribution in [0.1, 0.15) is 27.5 Å². The molecular weight excluding hydrogens is 303 g/mol. The fourth-order valence-corrected chi connectivity index (χ4v) is 1.99. The molecule has 0 bridgehead atoms. The summed E-state index contributed by atoms with van der Waals surface area (Å²) in [5.41, 5.74) is 1.14. The number of halogens is 1. The third kappa shape index (κ3) is 3.31. The molecule has 3 aromatic rings. The van der Waals surface area contributed by atoms with E-state index in [-0.39, 0.29) is 17.4 Å². The van der Waals surface area contributed by atoms with E-state index in [2.05, 4.69) is 20.6 Å². The van der Waals surface area contributed by atoms with Gasteiger partial charge in [-0.1, -0.05) is 18.2 Å². The van der Waals surface area contributed by atoms with Gasteiger partial charge in [-0.15, -0.1) is 10.2 Å². The number of tetrazole rings is 1. The van der Waals surface area contributed by atoms with Gasteiger partial charge < -0.3 is 9.52 Å². The maximum absolute atomic E-state index is 13.6. The fourth-order valence-electron chi connectivity index (χ4n) is 1.99. The number of aromatic amines is 1. The average molecular weight is 314 g/mol. The van der Waals surface area contributed by atoms with Crippen molar-refractivity contribution in [1.82, 2.24) is 20.6 Å². The van der Waals surface area contributed by atoms with Crippen LogP contribution < -0.4 is 0 Å². The van der Waals surface area contributed by atoms with Gasteiger partial charge in [0.25, 0.3) is 0 Å². The predicted molar refractivity (Wildman–Crippen MR) is 77.0 cm³/mol. The number of H-pyrrole nitrogens is 1. The predicted octanol–water partition coefficient (Wildman–Crippen LogP) is 2.30. The zero-order valence-corrected chi connectivity index (χ0v) is 11.7. The Balaban J connectivity index is 1.75. The highest BCUT2D eigenvalue weighted by Crippen LogP contribution is 2.17. The highest BCUT2D eigenvalue weighted by molar-refractivity contribution is 6.05. The molecule has 116 valence electrons. The van der Waals surface area contributed by atoms with E-state index >= 15 is 0 Å². The van der Waals surface area contributed by atoms with Crippen molar-refractivity contribution >= 4 is 11.5 Å². The summed E-state index contributed by atoms with van der Waals surface area (Å²) in [4.78, 5) is 12.0. The van der Waals surface area contributed by atoms with E-state index < -0.39 is 11.5 Å². The molecule has 0 aliphatic carbocycles. The maximum Gasteiger partial charge on any atom is 0.239 e. The van der Waals surface area contributed by atoms with Gasteiger partial charge in [-0.25, -0.2) is 4.39 Å². The number of aliphatic hydroxyl groups is 1. The Bertz CT molecular complexity index is 855. The highest BCUT2D eigenvalue weighted by atomic mass is 19.1. The first kappa shape index (κ1) is 14.6. The van der Waals surface area contributed by atoms with Crippen molar-refractivity contribution in [2.24, 2.45) is 0 Å². The lowest BCUT2D eigenvalue weighted by atomic mass is 10.1. The number of aromatic nitrogens is 4. The molecule has 0 atom stereocenters. The maximum atomic E-state index is 13.6. The monoisotopic (exact) mass is 314 g/mol. The zero-order valence-electron chi connectivity index (χ0n) is 11.7. The zero-order chi connectivity index (χ0) is 16.2. The number of rotatable bonds is 5. The summed E-state index contributed by atoms with van der Waals surface area (Å²) >= 11 is 0. The number of ketones is 1. The summed E-state index contributed by atoms with van der Waals surface area (Å²) in [6.07, 6.45) is 2.60. The number of nitrogens with one attached hydrogen (secondary N) is 1. The van der Waals surface area contributed by atoms with E-state index in [0.29, 0.717) is 17.5 Å². The number of aliphatic hydroxyl groups excluding tert-OH is 1. The number of allylic oxidation sites excluding steroid dienone is 1. The highest BCUT2D eigenvalue weighted by Gasteiger charge is 2.14. The Morgan fingerprint density at radius 3 is 2.96 bits per heavy atom. The minimum absolute atomic E-state index is 0.0198. The van der Waals surface area contributed by atoms with Crippen LogP contribution in [0, 0.1) is 5.82 Å². The first-order valence-electron chi connectivity index (χ1n) is 6.63. The second kappa shape index (κ2) is 6.22. The summed E-state index contributed by atoms with van der Waals surface area (Å²) < 4.78 is 18.8. The van der Waals surface area contributed by atoms with Gasteiger partial charge in [-0.3, -0.25) is 4.79 Å². The van der Waals surface area contributed by atoms with Gasteiger partial charge >= 0.3 is 0 Å². The third-order valence-corrected chi connectivity index (χ3v) is 3.09. The first-order chi connectivity index (χ1) is 11.1. The van der Waals surface area contributed by atoms with E-state index in [1.165, 1.54) is 18.4 Å². The number of hydrogen-bond donors (Lipinski definition) is 2. The molecule has 2 aromatic heterocycles. The van der Waals surface area contributed by atoms with Crippen LogP contribution in [-0.4, -0.2) is 31.5 Å². The molecule has 0 aliphatic heterocycles. The molecule has 0 spiro atoms. The van der Waals surface area contributed by atoms with Gasteiger partial charge in [0.15, 0.2) is 11.5 Å². The molecular formula is C15H11FN4O3. The molecule has 7 nitrogen and oxygen atoms in total. The van der Waals surface area contributed by atoms with Crippen LogP contribution in [0.2, 0.25) is 0 Å². The quantitative estimate of drug-likeness (QED) is 0.425. The Morgan fingerprint density at radius 1 is 1.39 bits per heavy atom. The van der Waals surface area contributed by atoms with Crippen LogP contribution in [-0.2, 0) is 6.42 Å². The number of carbonyl (C=O) groups is 1. The largest absolute Gasteiger partial charge is 0.504 e. The molecule has 23 heavy (non-hydrogen) atoms. The summed E-state index contributed by atoms with van der Waals surface area (Å²) in [6.45, 7) is 0. The van der Waals surface area contributed by atoms with Crippen molar-refractivity contribution in [3.05, 3.63) is 71.2 Å². The van der Waals surface area contributed by atoms with Crippen molar-refractivity contribution in [2.75, 3.05) is 0 Å². The molecule has 0 amide bonds. The lowest BCUT2D eigenvalue weighted by Gasteiger charge is -1.99. The molecule has 1 aromatic carbocycles. The van der Waals surface area contributed by atoms with Crippen molar-refractivity contribution in [3.63, 3.8) is 0 Å². The van der Waals surface area contributed by atoms with Crippen LogP contribution in [0.15, 0.2) is 47.1 Å². The first-order valence-corrected chi connectivity index (χ1v) is 6.63. The van der Waals surface area contributed by atoms with Gasteiger partial charge in [-0.2, -0.15) is 5.21 Å². The molecule has 0 aliphatic rings. The Morgan fingerprint density at radius 2 is 2.22 bits per heavy atom. The van der Waals surface area contributed by atoms with Gasteiger partial charge in [0.1, 0.15) is 5.82 Å². The summed E-state index contributed by atoms with van der Waals surface area (Å²) in [6, 6.07) is 7.86. The van der Waals surface area contributed by atoms with E-state index in [1.807, 2.05) is 0 Å². The second-order valence-corrected chi connectivity index (χ2v) is 4.72. The van der Waals surface area contributed by atoms with Gasteiger partial charge in [0, 0.05) is 12.5 Å². The SMILES string of the molecule is O=C(C=C(O)c1nn[nH]n1)c1cc(Cc2ccccc2F)co1. The van der Waals surface area contributed by atoms with Crippen molar-refractivity contribution < 1.29 is 18.7 Å². The van der Waals surface area contributed by atoms with Crippen molar-refractivity contribution in [3.8, 4) is 0 Å². The van der Waals surface area contributed by atoms with Crippen LogP contribution in [0.25, 0.3) is 5.76 Å². The third-order valence-electron chi connectivity index (χ3n) is 3.09. The lowest BCUT2D eigenvalue weighted by molar-refractivity contribution is 0.102. The molecule has 0 saturated carbocycles. The topological polar surface area (TPSA) is 105 Å². The number of nitrogens with zero attached hydrogens (tertiary/aromatic N) is 3. The average Bonchev–Trinajstić information content (AvgIpc) is 3.21. The van der Waals surface area contributed by atoms with Crippen LogP contribution >= 0.6 is 0 Å². The minimum atomic E-state index is -0.563. The molecule has 2 heterocycles. The van der Waals surface area contributed by atoms with Gasteiger partial charge in [-0.05, 0) is 28.5 Å². The van der Waals surface area contributed by atoms with Crippen molar-refractivity contribution in [1.29, 1.82) is 0 Å². The minimum Gasteiger partial charge on any atom is -0.504 e. The lowest BCUT2D eigenvalue weighted by Crippen LogP contribution is -1.96. The Labute approximate surface area is 129 Å². The molecule has 0 saturated heterocycles. The van der Waals surface area contributed by atoms with Gasteiger partial charge in [0.05, 0.1) is 6.26 Å². The summed E-state index contributed by atoms with van der Waals surface area (Å²) in [7, 11) is 0. The Kier molecular flexibility index (Phi) is 3.96. The van der Waals surface area contributed by atoms with Crippen LogP contribution in [0.3, 0.4) is 0 Å². The molecule has 0 fully saturated rings. The normalized spacial score (nSPS) is 11.6. The van der Waals surface area contributed by atoms with Crippen LogP contribution in [0.4, 0.5) is 4.39 Å². The fraction of sp³-hybridized carbons (Fsp3) is 0.0667. The number of furan rings is 1. The molecule has 3 rings (SSSR count). The second-order valence-electron chi connectivity index (χ2n) is 4.72. The van der Waals surface area contributed by atoms with Gasteiger partial charge in [0.2, 0.25) is 11.6 Å². The van der Waals surface area contributed by atoms with Crippen LogP contribution in [0.5, 0.6) is 0 Å². The molecule has 0 unspecified atom stereocenters. The van der Waals surface area contributed by atoms with E-state index in [9.17, 15) is 14.3 Å². The van der Waals surface area contributed by atoms with E-state index in [4.69, 9.17) is 4.42 Å². The molecule has 8 heteroatoms. The standard InChI is InChI=1S/C15H11FN4O3/c16-11-4-2-1-3-10(11)5-9-6-14(23-8-9)12(21)7-13(22)15-17-19-20-18-15/h1-4,6-8,22H,5H2,(H,17,18,19,20). The van der Waals surface area contributed by atoms with E-state index in [0.717, 1.165) is 6.08 Å². The number of benzene rings is 1. The van der Waals surface area contributed by atoms with Crippen molar-refractivity contribution in [2.45, 2.75) is 6.42 Å². The summed E-state index contributed by atoms with van der Waals surface area (Å²) in [5, 5.41) is 22.2. The number of carbonyl (C=O) groups excluding carboxylic acids is 1. The Hall–Kier alpha value is -3.29.